The molecule has 0 amide bonds. The first-order valence-corrected chi connectivity index (χ1v) is 7.14. The number of aromatic nitrogens is 2. The van der Waals surface area contributed by atoms with Crippen LogP contribution in [-0.2, 0) is 10.2 Å². The van der Waals surface area contributed by atoms with Crippen molar-refractivity contribution in [2.24, 2.45) is 0 Å². The van der Waals surface area contributed by atoms with Crippen molar-refractivity contribution in [1.29, 1.82) is 0 Å². The number of rotatable bonds is 2. The second kappa shape index (κ2) is 5.70. The predicted molar refractivity (Wildman–Crippen MR) is 83.6 cm³/mol. The highest BCUT2D eigenvalue weighted by Crippen LogP contribution is 2.29. The molecule has 0 N–H and O–H groups in total. The third-order valence-electron chi connectivity index (χ3n) is 3.02. The average Bonchev–Trinajstić information content (AvgIpc) is 2.86. The molecule has 6 heteroatoms. The number of hydrogen-bond donors (Lipinski definition) is 0. The number of hydrogen-bond acceptors (Lipinski definition) is 3. The van der Waals surface area contributed by atoms with Crippen molar-refractivity contribution in [3.63, 3.8) is 0 Å². The first-order chi connectivity index (χ1) is 9.74. The lowest BCUT2D eigenvalue weighted by molar-refractivity contribution is 0.0593. The molecular weight excluding hydrogens is 311 g/mol. The highest BCUT2D eigenvalue weighted by Gasteiger charge is 2.24. The molecular formula is C15H16Cl2N2O2. The van der Waals surface area contributed by atoms with Crippen molar-refractivity contribution >= 4 is 29.2 Å². The van der Waals surface area contributed by atoms with E-state index in [4.69, 9.17) is 27.9 Å². The smallest absolute Gasteiger partial charge is 0.358 e. The molecule has 112 valence electrons. The van der Waals surface area contributed by atoms with Crippen molar-refractivity contribution in [3.8, 4) is 5.69 Å². The van der Waals surface area contributed by atoms with Crippen molar-refractivity contribution < 1.29 is 9.53 Å². The minimum Gasteiger partial charge on any atom is -0.464 e. The van der Waals surface area contributed by atoms with Gasteiger partial charge in [0.25, 0.3) is 0 Å². The van der Waals surface area contributed by atoms with Gasteiger partial charge in [-0.05, 0) is 24.3 Å². The van der Waals surface area contributed by atoms with Crippen LogP contribution < -0.4 is 0 Å². The summed E-state index contributed by atoms with van der Waals surface area (Å²) in [5.41, 5.74) is 1.67. The number of carbonyl (C=O) groups excluding carboxylic acids is 1. The Bertz CT molecular complexity index is 687. The van der Waals surface area contributed by atoms with Crippen LogP contribution in [-0.4, -0.2) is 22.9 Å². The monoisotopic (exact) mass is 326 g/mol. The van der Waals surface area contributed by atoms with Gasteiger partial charge >= 0.3 is 5.97 Å². The highest BCUT2D eigenvalue weighted by atomic mass is 35.5. The fourth-order valence-corrected chi connectivity index (χ4v) is 2.23. The van der Waals surface area contributed by atoms with E-state index in [2.05, 4.69) is 5.10 Å². The quantitative estimate of drug-likeness (QED) is 0.774. The molecule has 21 heavy (non-hydrogen) atoms. The van der Waals surface area contributed by atoms with Crippen LogP contribution in [0.5, 0.6) is 0 Å². The van der Waals surface area contributed by atoms with E-state index in [-0.39, 0.29) is 11.1 Å². The SMILES string of the molecule is COC(=O)c1cc(C(C)(C)C)n(-c2ccc(Cl)c(Cl)c2)n1. The fourth-order valence-electron chi connectivity index (χ4n) is 1.93. The number of carbonyl (C=O) groups is 1. The Balaban J connectivity index is 2.63. The third kappa shape index (κ3) is 3.22. The maximum Gasteiger partial charge on any atom is 0.358 e. The van der Waals surface area contributed by atoms with E-state index in [0.29, 0.717) is 10.0 Å². The van der Waals surface area contributed by atoms with Crippen LogP contribution in [0, 0.1) is 0 Å². The van der Waals surface area contributed by atoms with E-state index in [1.54, 1.807) is 28.9 Å². The van der Waals surface area contributed by atoms with Crippen LogP contribution in [0.1, 0.15) is 37.0 Å². The summed E-state index contributed by atoms with van der Waals surface area (Å²) in [6, 6.07) is 6.95. The van der Waals surface area contributed by atoms with Gasteiger partial charge in [0.15, 0.2) is 5.69 Å². The molecule has 0 saturated heterocycles. The normalized spacial score (nSPS) is 11.5. The van der Waals surface area contributed by atoms with Gasteiger partial charge in [0, 0.05) is 5.41 Å². The topological polar surface area (TPSA) is 44.1 Å². The summed E-state index contributed by atoms with van der Waals surface area (Å²) >= 11 is 12.0. The summed E-state index contributed by atoms with van der Waals surface area (Å²) in [5.74, 6) is -0.473. The van der Waals surface area contributed by atoms with Crippen LogP contribution in [0.4, 0.5) is 0 Å². The van der Waals surface area contributed by atoms with Gasteiger partial charge in [0.05, 0.1) is 28.5 Å². The van der Waals surface area contributed by atoms with Gasteiger partial charge < -0.3 is 4.74 Å². The van der Waals surface area contributed by atoms with Crippen molar-refractivity contribution in [1.82, 2.24) is 9.78 Å². The van der Waals surface area contributed by atoms with Gasteiger partial charge in [-0.2, -0.15) is 5.10 Å². The molecule has 1 aromatic carbocycles. The van der Waals surface area contributed by atoms with Crippen LogP contribution >= 0.6 is 23.2 Å². The molecule has 0 radical (unpaired) electrons. The molecule has 0 fully saturated rings. The predicted octanol–water partition coefficient (Wildman–Crippen LogP) is 4.26. The zero-order valence-corrected chi connectivity index (χ0v) is 13.8. The molecule has 1 heterocycles. The molecule has 1 aromatic heterocycles. The van der Waals surface area contributed by atoms with Crippen LogP contribution in [0.3, 0.4) is 0 Å². The lowest BCUT2D eigenvalue weighted by Crippen LogP contribution is -2.17. The largest absolute Gasteiger partial charge is 0.464 e. The van der Waals surface area contributed by atoms with Crippen LogP contribution in [0.25, 0.3) is 5.69 Å². The Morgan fingerprint density at radius 3 is 2.38 bits per heavy atom. The molecule has 0 unspecified atom stereocenters. The first-order valence-electron chi connectivity index (χ1n) is 6.38. The first kappa shape index (κ1) is 15.9. The van der Waals surface area contributed by atoms with Crippen molar-refractivity contribution in [2.45, 2.75) is 26.2 Å². The van der Waals surface area contributed by atoms with E-state index in [9.17, 15) is 4.79 Å². The second-order valence-electron chi connectivity index (χ2n) is 5.67. The summed E-state index contributed by atoms with van der Waals surface area (Å²) in [4.78, 5) is 11.7. The van der Waals surface area contributed by atoms with Gasteiger partial charge in [-0.15, -0.1) is 0 Å². The Kier molecular flexibility index (Phi) is 4.30. The van der Waals surface area contributed by atoms with E-state index < -0.39 is 5.97 Å². The number of halogens is 2. The Hall–Kier alpha value is -1.52. The van der Waals surface area contributed by atoms with Crippen LogP contribution in [0.2, 0.25) is 10.0 Å². The Morgan fingerprint density at radius 2 is 1.86 bits per heavy atom. The number of esters is 1. The molecule has 0 saturated carbocycles. The summed E-state index contributed by atoms with van der Waals surface area (Å²) in [6.45, 7) is 6.12. The number of nitrogens with zero attached hydrogens (tertiary/aromatic N) is 2. The zero-order chi connectivity index (χ0) is 15.8. The van der Waals surface area contributed by atoms with Crippen LogP contribution in [0.15, 0.2) is 24.3 Å². The standard InChI is InChI=1S/C15H16Cl2N2O2/c1-15(2,3)13-8-12(14(20)21-4)18-19(13)9-5-6-10(16)11(17)7-9/h5-8H,1-4H3. The number of methoxy groups -OCH3 is 1. The van der Waals surface area contributed by atoms with Crippen molar-refractivity contribution in [2.75, 3.05) is 7.11 Å². The summed E-state index contributed by atoms with van der Waals surface area (Å²) in [5, 5.41) is 5.23. The highest BCUT2D eigenvalue weighted by molar-refractivity contribution is 6.42. The van der Waals surface area contributed by atoms with Gasteiger partial charge in [-0.1, -0.05) is 44.0 Å². The van der Waals surface area contributed by atoms with Gasteiger partial charge in [-0.25, -0.2) is 9.48 Å². The summed E-state index contributed by atoms with van der Waals surface area (Å²) in [6.07, 6.45) is 0. The minimum atomic E-state index is -0.473. The van der Waals surface area contributed by atoms with E-state index in [0.717, 1.165) is 11.4 Å². The van der Waals surface area contributed by atoms with E-state index in [1.165, 1.54) is 7.11 Å². The summed E-state index contributed by atoms with van der Waals surface area (Å²) < 4.78 is 6.42. The maximum atomic E-state index is 11.7. The van der Waals surface area contributed by atoms with Gasteiger partial charge in [0.2, 0.25) is 0 Å². The van der Waals surface area contributed by atoms with Gasteiger partial charge in [-0.3, -0.25) is 0 Å². The van der Waals surface area contributed by atoms with Gasteiger partial charge in [0.1, 0.15) is 0 Å². The molecule has 0 aliphatic rings. The zero-order valence-electron chi connectivity index (χ0n) is 12.3. The average molecular weight is 327 g/mol. The maximum absolute atomic E-state index is 11.7. The second-order valence-corrected chi connectivity index (χ2v) is 6.48. The molecule has 2 rings (SSSR count). The molecule has 0 aliphatic heterocycles. The molecule has 0 atom stereocenters. The van der Waals surface area contributed by atoms with E-state index in [1.807, 2.05) is 20.8 Å². The number of ether oxygens (including phenoxy) is 1. The molecule has 2 aromatic rings. The molecule has 0 bridgehead atoms. The lowest BCUT2D eigenvalue weighted by atomic mass is 9.91. The molecule has 0 spiro atoms. The fraction of sp³-hybridized carbons (Fsp3) is 0.333. The lowest BCUT2D eigenvalue weighted by Gasteiger charge is -2.20. The van der Waals surface area contributed by atoms with Crippen molar-refractivity contribution in [3.05, 3.63) is 45.7 Å². The third-order valence-corrected chi connectivity index (χ3v) is 3.76. The van der Waals surface area contributed by atoms with E-state index >= 15 is 0 Å². The minimum absolute atomic E-state index is 0.203. The molecule has 0 aliphatic carbocycles. The summed E-state index contributed by atoms with van der Waals surface area (Å²) in [7, 11) is 1.33. The number of benzene rings is 1. The Labute approximate surface area is 133 Å². The molecule has 4 nitrogen and oxygen atoms in total. The Morgan fingerprint density at radius 1 is 1.19 bits per heavy atom.